The van der Waals surface area contributed by atoms with Gasteiger partial charge in [-0.25, -0.2) is 14.5 Å². The topological polar surface area (TPSA) is 88.3 Å². The Labute approximate surface area is 133 Å². The summed E-state index contributed by atoms with van der Waals surface area (Å²) in [5, 5.41) is 13.0. The largest absolute Gasteiger partial charge is 0.478 e. The number of nitrogens with zero attached hydrogens (tertiary/aromatic N) is 4. The van der Waals surface area contributed by atoms with Gasteiger partial charge >= 0.3 is 5.97 Å². The number of carboxylic acid groups (broad SMARTS) is 1. The molecule has 0 unspecified atom stereocenters. The molecule has 7 heteroatoms. The van der Waals surface area contributed by atoms with Crippen molar-refractivity contribution in [1.82, 2.24) is 19.7 Å². The monoisotopic (exact) mass is 314 g/mol. The number of piperidine rings is 1. The van der Waals surface area contributed by atoms with Gasteiger partial charge in [-0.1, -0.05) is 12.1 Å². The lowest BCUT2D eigenvalue weighted by molar-refractivity contribution is -0.132. The van der Waals surface area contributed by atoms with Gasteiger partial charge in [0.25, 0.3) is 0 Å². The number of aromatic nitrogens is 3. The van der Waals surface area contributed by atoms with Crippen LogP contribution in [0.2, 0.25) is 0 Å². The van der Waals surface area contributed by atoms with Gasteiger partial charge in [0.05, 0.1) is 18.0 Å². The Kier molecular flexibility index (Phi) is 4.36. The molecule has 0 aliphatic carbocycles. The fourth-order valence-corrected chi connectivity index (χ4v) is 2.85. The molecule has 1 aromatic heterocycles. The van der Waals surface area contributed by atoms with Crippen molar-refractivity contribution in [2.75, 3.05) is 13.1 Å². The Morgan fingerprint density at radius 3 is 2.70 bits per heavy atom. The molecule has 23 heavy (non-hydrogen) atoms. The highest BCUT2D eigenvalue weighted by Crippen LogP contribution is 2.21. The number of aromatic carboxylic acids is 1. The van der Waals surface area contributed by atoms with E-state index in [4.69, 9.17) is 5.11 Å². The first-order valence-corrected chi connectivity index (χ1v) is 7.57. The minimum absolute atomic E-state index is 0.0536. The van der Waals surface area contributed by atoms with E-state index >= 15 is 0 Å². The first kappa shape index (κ1) is 15.2. The van der Waals surface area contributed by atoms with E-state index in [2.05, 4.69) is 10.1 Å². The zero-order valence-electron chi connectivity index (χ0n) is 12.6. The first-order valence-electron chi connectivity index (χ1n) is 7.57. The third-order valence-electron chi connectivity index (χ3n) is 4.12. The normalized spacial score (nSPS) is 17.9. The summed E-state index contributed by atoms with van der Waals surface area (Å²) in [5.74, 6) is -0.910. The van der Waals surface area contributed by atoms with Crippen LogP contribution in [0.15, 0.2) is 36.9 Å². The van der Waals surface area contributed by atoms with Gasteiger partial charge < -0.3 is 10.0 Å². The Bertz CT molecular complexity index is 682. The summed E-state index contributed by atoms with van der Waals surface area (Å²) in [7, 11) is 0. The van der Waals surface area contributed by atoms with Crippen molar-refractivity contribution in [3.8, 4) is 0 Å². The molecule has 120 valence electrons. The van der Waals surface area contributed by atoms with Crippen LogP contribution in [0.3, 0.4) is 0 Å². The van der Waals surface area contributed by atoms with E-state index in [0.29, 0.717) is 6.54 Å². The van der Waals surface area contributed by atoms with Crippen LogP contribution in [0.5, 0.6) is 0 Å². The van der Waals surface area contributed by atoms with E-state index in [0.717, 1.165) is 24.9 Å². The average molecular weight is 314 g/mol. The molecular formula is C16H18N4O3. The van der Waals surface area contributed by atoms with Gasteiger partial charge in [0.15, 0.2) is 0 Å². The number of benzene rings is 1. The predicted molar refractivity (Wildman–Crippen MR) is 82.0 cm³/mol. The molecular weight excluding hydrogens is 296 g/mol. The molecule has 1 aliphatic rings. The minimum atomic E-state index is -0.963. The Balaban J connectivity index is 1.62. The van der Waals surface area contributed by atoms with Crippen molar-refractivity contribution in [3.63, 3.8) is 0 Å². The quantitative estimate of drug-likeness (QED) is 0.921. The number of amides is 1. The first-order chi connectivity index (χ1) is 11.1. The van der Waals surface area contributed by atoms with E-state index in [1.54, 1.807) is 23.1 Å². The molecule has 0 spiro atoms. The van der Waals surface area contributed by atoms with E-state index in [1.807, 2.05) is 4.90 Å². The highest BCUT2D eigenvalue weighted by Gasteiger charge is 2.25. The summed E-state index contributed by atoms with van der Waals surface area (Å²) in [4.78, 5) is 29.1. The van der Waals surface area contributed by atoms with Crippen molar-refractivity contribution in [2.24, 2.45) is 0 Å². The van der Waals surface area contributed by atoms with Crippen LogP contribution in [0.4, 0.5) is 0 Å². The van der Waals surface area contributed by atoms with Crippen LogP contribution in [0.25, 0.3) is 0 Å². The van der Waals surface area contributed by atoms with Crippen LogP contribution in [0, 0.1) is 0 Å². The lowest BCUT2D eigenvalue weighted by Gasteiger charge is -2.32. The van der Waals surface area contributed by atoms with Crippen molar-refractivity contribution >= 4 is 11.9 Å². The summed E-state index contributed by atoms with van der Waals surface area (Å²) in [6.45, 7) is 1.38. The Hall–Kier alpha value is -2.70. The van der Waals surface area contributed by atoms with Gasteiger partial charge in [-0.15, -0.1) is 0 Å². The minimum Gasteiger partial charge on any atom is -0.478 e. The maximum Gasteiger partial charge on any atom is 0.335 e. The molecule has 7 nitrogen and oxygen atoms in total. The average Bonchev–Trinajstić information content (AvgIpc) is 3.10. The summed E-state index contributed by atoms with van der Waals surface area (Å²) in [6.07, 6.45) is 5.40. The molecule has 1 aromatic carbocycles. The van der Waals surface area contributed by atoms with Crippen molar-refractivity contribution < 1.29 is 14.7 Å². The zero-order chi connectivity index (χ0) is 16.2. The Morgan fingerprint density at radius 2 is 2.04 bits per heavy atom. The van der Waals surface area contributed by atoms with E-state index in [1.165, 1.54) is 18.5 Å². The van der Waals surface area contributed by atoms with E-state index < -0.39 is 5.97 Å². The number of rotatable bonds is 4. The van der Waals surface area contributed by atoms with Crippen LogP contribution in [0.1, 0.15) is 34.8 Å². The number of hydrogen-bond donors (Lipinski definition) is 1. The Morgan fingerprint density at radius 1 is 1.26 bits per heavy atom. The smallest absolute Gasteiger partial charge is 0.335 e. The zero-order valence-corrected chi connectivity index (χ0v) is 12.6. The fourth-order valence-electron chi connectivity index (χ4n) is 2.85. The van der Waals surface area contributed by atoms with Crippen LogP contribution >= 0.6 is 0 Å². The van der Waals surface area contributed by atoms with Crippen molar-refractivity contribution in [1.29, 1.82) is 0 Å². The lowest BCUT2D eigenvalue weighted by Crippen LogP contribution is -2.41. The number of carboxylic acids is 1. The molecule has 1 fully saturated rings. The molecule has 2 aromatic rings. The molecule has 0 saturated carbocycles. The third kappa shape index (κ3) is 3.56. The van der Waals surface area contributed by atoms with Gasteiger partial charge in [-0.2, -0.15) is 5.10 Å². The summed E-state index contributed by atoms with van der Waals surface area (Å²) < 4.78 is 1.81. The molecule has 1 aliphatic heterocycles. The highest BCUT2D eigenvalue weighted by molar-refractivity contribution is 5.87. The van der Waals surface area contributed by atoms with Crippen molar-refractivity contribution in [2.45, 2.75) is 25.3 Å². The van der Waals surface area contributed by atoms with E-state index in [9.17, 15) is 9.59 Å². The van der Waals surface area contributed by atoms with E-state index in [-0.39, 0.29) is 23.9 Å². The molecule has 0 bridgehead atoms. The second-order valence-corrected chi connectivity index (χ2v) is 5.69. The molecule has 2 heterocycles. The third-order valence-corrected chi connectivity index (χ3v) is 4.12. The number of hydrogen-bond acceptors (Lipinski definition) is 4. The maximum absolute atomic E-state index is 12.5. The lowest BCUT2D eigenvalue weighted by atomic mass is 10.0. The second-order valence-electron chi connectivity index (χ2n) is 5.69. The van der Waals surface area contributed by atoms with Gasteiger partial charge in [-0.05, 0) is 30.5 Å². The van der Waals surface area contributed by atoms with Crippen LogP contribution in [-0.4, -0.2) is 49.7 Å². The van der Waals surface area contributed by atoms with Crippen LogP contribution in [-0.2, 0) is 11.2 Å². The molecule has 1 atom stereocenters. The second kappa shape index (κ2) is 6.60. The molecule has 0 radical (unpaired) electrons. The van der Waals surface area contributed by atoms with Gasteiger partial charge in [0.1, 0.15) is 12.7 Å². The summed E-state index contributed by atoms with van der Waals surface area (Å²) >= 11 is 0. The maximum atomic E-state index is 12.5. The standard InChI is InChI=1S/C16H18N4O3/c21-15(8-12-3-5-13(6-4-12)16(22)23)19-7-1-2-14(9-19)20-11-17-10-18-20/h3-6,10-11,14H,1-2,7-9H2,(H,22,23)/t14-/m0/s1. The molecule has 3 rings (SSSR count). The summed E-state index contributed by atoms with van der Waals surface area (Å²) in [5.41, 5.74) is 1.05. The molecule has 1 saturated heterocycles. The SMILES string of the molecule is O=C(O)c1ccc(CC(=O)N2CCC[C@H](n3cncn3)C2)cc1. The fraction of sp³-hybridized carbons (Fsp3) is 0.375. The predicted octanol–water partition coefficient (Wildman–Crippen LogP) is 1.38. The number of carbonyl (C=O) groups excluding carboxylic acids is 1. The molecule has 1 amide bonds. The number of likely N-dealkylation sites (tertiary alicyclic amines) is 1. The van der Waals surface area contributed by atoms with Gasteiger partial charge in [0.2, 0.25) is 5.91 Å². The molecule has 1 N–H and O–H groups in total. The van der Waals surface area contributed by atoms with Crippen LogP contribution < -0.4 is 0 Å². The highest BCUT2D eigenvalue weighted by atomic mass is 16.4. The van der Waals surface area contributed by atoms with Gasteiger partial charge in [-0.3, -0.25) is 4.79 Å². The van der Waals surface area contributed by atoms with Gasteiger partial charge in [0, 0.05) is 13.1 Å². The number of carbonyl (C=O) groups is 2. The van der Waals surface area contributed by atoms with Crippen molar-refractivity contribution in [3.05, 3.63) is 48.0 Å². The summed E-state index contributed by atoms with van der Waals surface area (Å²) in [6, 6.07) is 6.61.